The van der Waals surface area contributed by atoms with Crippen LogP contribution in [-0.4, -0.2) is 39.7 Å². The highest BCUT2D eigenvalue weighted by atomic mass is 19.4. The Balaban J connectivity index is 1.68. The van der Waals surface area contributed by atoms with Crippen molar-refractivity contribution < 1.29 is 23.1 Å². The van der Waals surface area contributed by atoms with E-state index in [-0.39, 0.29) is 17.2 Å². The summed E-state index contributed by atoms with van der Waals surface area (Å²) in [7, 11) is 0. The number of hydrogen-bond acceptors (Lipinski definition) is 6. The van der Waals surface area contributed by atoms with E-state index < -0.39 is 35.2 Å². The number of carbonyl (C=O) groups is 1. The Kier molecular flexibility index (Phi) is 7.61. The van der Waals surface area contributed by atoms with Crippen molar-refractivity contribution in [1.82, 2.24) is 9.88 Å². The highest BCUT2D eigenvalue weighted by molar-refractivity contribution is 6.07. The van der Waals surface area contributed by atoms with E-state index in [1.165, 1.54) is 13.0 Å². The standard InChI is InChI=1S/C32H28F3N5O2/c1-19-14-24(15-25-26(16-36)29(21-6-4-3-5-7-21)27(17-37)39-30(19)25)31(42,22-10-12-40(13-11-22)20(2)41)23-8-9-28(38-18-23)32(33,34)35/h3-9,14-15,18,22,26,29,42H,10-13H2,1-2H3. The third kappa shape index (κ3) is 5.03. The Morgan fingerprint density at radius 2 is 1.74 bits per heavy atom. The summed E-state index contributed by atoms with van der Waals surface area (Å²) in [4.78, 5) is 21.9. The van der Waals surface area contributed by atoms with Gasteiger partial charge >= 0.3 is 6.18 Å². The van der Waals surface area contributed by atoms with E-state index in [2.05, 4.69) is 22.1 Å². The number of aromatic nitrogens is 1. The van der Waals surface area contributed by atoms with Gasteiger partial charge in [0.15, 0.2) is 0 Å². The molecule has 0 bridgehead atoms. The summed E-state index contributed by atoms with van der Waals surface area (Å²) in [5, 5.41) is 32.9. The van der Waals surface area contributed by atoms with E-state index in [1.807, 2.05) is 30.3 Å². The molecule has 3 unspecified atom stereocenters. The number of aryl methyl sites for hydroxylation is 1. The molecule has 1 aromatic heterocycles. The van der Waals surface area contributed by atoms with E-state index in [0.717, 1.165) is 17.8 Å². The lowest BCUT2D eigenvalue weighted by Crippen LogP contribution is -2.45. The van der Waals surface area contributed by atoms with Gasteiger partial charge in [-0.2, -0.15) is 23.7 Å². The number of nitriles is 2. The molecule has 0 saturated carbocycles. The molecule has 1 fully saturated rings. The topological polar surface area (TPSA) is 113 Å². The third-order valence-corrected chi connectivity index (χ3v) is 8.40. The molecule has 3 heterocycles. The lowest BCUT2D eigenvalue weighted by Gasteiger charge is -2.42. The molecule has 2 aliphatic heterocycles. The lowest BCUT2D eigenvalue weighted by atomic mass is 9.70. The summed E-state index contributed by atoms with van der Waals surface area (Å²) in [6, 6.07) is 19.1. The van der Waals surface area contributed by atoms with Gasteiger partial charge in [-0.15, -0.1) is 0 Å². The zero-order valence-electron chi connectivity index (χ0n) is 23.1. The van der Waals surface area contributed by atoms with Crippen molar-refractivity contribution >= 4 is 17.3 Å². The van der Waals surface area contributed by atoms with Crippen LogP contribution in [0.25, 0.3) is 0 Å². The number of rotatable bonds is 4. The van der Waals surface area contributed by atoms with Crippen LogP contribution >= 0.6 is 0 Å². The number of amides is 1. The fraction of sp³-hybridized carbons (Fsp3) is 0.344. The first-order valence-electron chi connectivity index (χ1n) is 13.6. The van der Waals surface area contributed by atoms with Crippen molar-refractivity contribution in [3.8, 4) is 12.1 Å². The number of aliphatic hydroxyl groups is 1. The summed E-state index contributed by atoms with van der Waals surface area (Å²) in [5.41, 5.74) is 0.281. The van der Waals surface area contributed by atoms with Gasteiger partial charge in [0, 0.05) is 31.8 Å². The minimum absolute atomic E-state index is 0.0900. The van der Waals surface area contributed by atoms with Crippen LogP contribution in [0.1, 0.15) is 65.1 Å². The highest BCUT2D eigenvalue weighted by Crippen LogP contribution is 2.49. The second-order valence-corrected chi connectivity index (χ2v) is 10.8. The number of benzene rings is 2. The molecule has 5 rings (SSSR count). The summed E-state index contributed by atoms with van der Waals surface area (Å²) in [6.07, 6.45) is -2.79. The minimum Gasteiger partial charge on any atom is -0.380 e. The van der Waals surface area contributed by atoms with Gasteiger partial charge in [0.05, 0.1) is 23.6 Å². The van der Waals surface area contributed by atoms with Crippen molar-refractivity contribution in [3.05, 3.63) is 94.3 Å². The summed E-state index contributed by atoms with van der Waals surface area (Å²) in [5.74, 6) is -1.99. The number of alkyl halides is 3. The number of likely N-dealkylation sites (tertiary alicyclic amines) is 1. The Morgan fingerprint density at radius 1 is 1.05 bits per heavy atom. The van der Waals surface area contributed by atoms with E-state index in [4.69, 9.17) is 0 Å². The van der Waals surface area contributed by atoms with Gasteiger partial charge in [-0.05, 0) is 60.1 Å². The summed E-state index contributed by atoms with van der Waals surface area (Å²) >= 11 is 0. The molecular weight excluding hydrogens is 543 g/mol. The molecule has 1 amide bonds. The van der Waals surface area contributed by atoms with E-state index >= 15 is 0 Å². The molecule has 10 heteroatoms. The van der Waals surface area contributed by atoms with Crippen molar-refractivity contribution in [2.45, 2.75) is 50.3 Å². The van der Waals surface area contributed by atoms with Crippen LogP contribution in [0.4, 0.5) is 18.9 Å². The Labute approximate surface area is 241 Å². The Hall–Kier alpha value is -4.54. The maximum absolute atomic E-state index is 13.3. The molecule has 7 nitrogen and oxygen atoms in total. The van der Waals surface area contributed by atoms with Gasteiger partial charge in [0.1, 0.15) is 23.1 Å². The smallest absolute Gasteiger partial charge is 0.380 e. The molecule has 0 aliphatic carbocycles. The second kappa shape index (κ2) is 11.0. The zero-order valence-corrected chi connectivity index (χ0v) is 23.1. The van der Waals surface area contributed by atoms with Crippen LogP contribution in [0.5, 0.6) is 0 Å². The van der Waals surface area contributed by atoms with Crippen LogP contribution in [-0.2, 0) is 16.6 Å². The number of hydrogen-bond donors (Lipinski definition) is 1. The quantitative estimate of drug-likeness (QED) is 0.419. The highest BCUT2D eigenvalue weighted by Gasteiger charge is 2.45. The number of carbonyl (C=O) groups excluding carboxylic acids is 1. The fourth-order valence-corrected chi connectivity index (χ4v) is 6.23. The molecule has 3 atom stereocenters. The molecule has 42 heavy (non-hydrogen) atoms. The number of aliphatic imine (C=N–C) groups is 1. The maximum atomic E-state index is 13.3. The Morgan fingerprint density at radius 3 is 2.29 bits per heavy atom. The molecule has 214 valence electrons. The SMILES string of the molecule is CC(=O)N1CCC(C(O)(c2ccc(C(F)(F)F)nc2)c2cc(C)c3c(c2)C(C#N)C(c2ccccc2)C(C#N)=N3)CC1. The van der Waals surface area contributed by atoms with Gasteiger partial charge in [-0.25, -0.2) is 4.99 Å². The lowest BCUT2D eigenvalue weighted by molar-refractivity contribution is -0.141. The van der Waals surface area contributed by atoms with Crippen LogP contribution < -0.4 is 0 Å². The van der Waals surface area contributed by atoms with E-state index in [9.17, 15) is 33.6 Å². The molecule has 2 aliphatic rings. The first kappa shape index (κ1) is 29.0. The van der Waals surface area contributed by atoms with E-state index in [1.54, 1.807) is 24.0 Å². The van der Waals surface area contributed by atoms with Gasteiger partial charge in [-0.3, -0.25) is 9.78 Å². The molecule has 0 spiro atoms. The number of nitrogens with zero attached hydrogens (tertiary/aromatic N) is 5. The van der Waals surface area contributed by atoms with Gasteiger partial charge in [0.25, 0.3) is 0 Å². The predicted octanol–water partition coefficient (Wildman–Crippen LogP) is 5.90. The normalized spacial score (nSPS) is 20.5. The first-order chi connectivity index (χ1) is 20.0. The third-order valence-electron chi connectivity index (χ3n) is 8.40. The van der Waals surface area contributed by atoms with Gasteiger partial charge in [0.2, 0.25) is 5.91 Å². The fourth-order valence-electron chi connectivity index (χ4n) is 6.23. The minimum atomic E-state index is -4.64. The largest absolute Gasteiger partial charge is 0.433 e. The number of fused-ring (bicyclic) bond motifs is 1. The predicted molar refractivity (Wildman–Crippen MR) is 149 cm³/mol. The van der Waals surface area contributed by atoms with Crippen LogP contribution in [0.2, 0.25) is 0 Å². The van der Waals surface area contributed by atoms with Gasteiger partial charge in [-0.1, -0.05) is 42.5 Å². The number of halogens is 3. The Bertz CT molecular complexity index is 1620. The monoisotopic (exact) mass is 571 g/mol. The van der Waals surface area contributed by atoms with Crippen molar-refractivity contribution in [3.63, 3.8) is 0 Å². The molecular formula is C32H28F3N5O2. The molecule has 1 saturated heterocycles. The van der Waals surface area contributed by atoms with Gasteiger partial charge < -0.3 is 10.0 Å². The molecule has 3 aromatic rings. The number of pyridine rings is 1. The van der Waals surface area contributed by atoms with Crippen LogP contribution in [0.3, 0.4) is 0 Å². The average Bonchev–Trinajstić information content (AvgIpc) is 2.99. The number of piperidine rings is 1. The first-order valence-corrected chi connectivity index (χ1v) is 13.6. The zero-order chi connectivity index (χ0) is 30.2. The van der Waals surface area contributed by atoms with Crippen molar-refractivity contribution in [1.29, 1.82) is 10.5 Å². The average molecular weight is 572 g/mol. The van der Waals surface area contributed by atoms with E-state index in [0.29, 0.717) is 48.3 Å². The summed E-state index contributed by atoms with van der Waals surface area (Å²) in [6.45, 7) is 4.00. The molecule has 1 N–H and O–H groups in total. The second-order valence-electron chi connectivity index (χ2n) is 10.8. The maximum Gasteiger partial charge on any atom is 0.433 e. The van der Waals surface area contributed by atoms with Crippen LogP contribution in [0, 0.1) is 35.5 Å². The van der Waals surface area contributed by atoms with Crippen LogP contribution in [0.15, 0.2) is 65.8 Å². The summed E-state index contributed by atoms with van der Waals surface area (Å²) < 4.78 is 40.0. The van der Waals surface area contributed by atoms with Crippen molar-refractivity contribution in [2.24, 2.45) is 10.9 Å². The van der Waals surface area contributed by atoms with Crippen molar-refractivity contribution in [2.75, 3.05) is 13.1 Å². The molecule has 2 aromatic carbocycles. The molecule has 0 radical (unpaired) electrons.